The van der Waals surface area contributed by atoms with E-state index >= 15 is 0 Å². The summed E-state index contributed by atoms with van der Waals surface area (Å²) in [4.78, 5) is 13.9. The second kappa shape index (κ2) is 5.61. The summed E-state index contributed by atoms with van der Waals surface area (Å²) in [6.07, 6.45) is 7.13. The molecular weight excluding hydrogens is 270 g/mol. The van der Waals surface area contributed by atoms with Crippen molar-refractivity contribution in [3.8, 4) is 0 Å². The van der Waals surface area contributed by atoms with Crippen LogP contribution in [0.2, 0.25) is 0 Å². The highest BCUT2D eigenvalue weighted by atomic mass is 32.1. The number of nitrogens with zero attached hydrogens (tertiary/aromatic N) is 4. The van der Waals surface area contributed by atoms with Gasteiger partial charge in [-0.05, 0) is 38.8 Å². The van der Waals surface area contributed by atoms with Gasteiger partial charge in [-0.3, -0.25) is 0 Å². The summed E-state index contributed by atoms with van der Waals surface area (Å²) in [7, 11) is 2.25. The molecule has 2 atom stereocenters. The molecule has 5 nitrogen and oxygen atoms in total. The molecular formula is C14H21N5S. The van der Waals surface area contributed by atoms with E-state index in [1.54, 1.807) is 12.4 Å². The second-order valence-corrected chi connectivity index (χ2v) is 6.22. The number of thiocarbonyl (C=S) groups is 1. The number of aromatic nitrogens is 2. The molecule has 3 rings (SSSR count). The Balaban J connectivity index is 1.81. The molecule has 6 heteroatoms. The molecule has 1 aromatic heterocycles. The third kappa shape index (κ3) is 2.50. The summed E-state index contributed by atoms with van der Waals surface area (Å²) in [5, 5.41) is 0. The highest BCUT2D eigenvalue weighted by Gasteiger charge is 2.35. The normalized spacial score (nSPS) is 27.1. The van der Waals surface area contributed by atoms with Gasteiger partial charge in [-0.25, -0.2) is 9.97 Å². The first-order valence-corrected chi connectivity index (χ1v) is 7.63. The Kier molecular flexibility index (Phi) is 3.85. The van der Waals surface area contributed by atoms with Crippen LogP contribution in [0, 0.1) is 5.92 Å². The van der Waals surface area contributed by atoms with Crippen molar-refractivity contribution in [2.24, 2.45) is 11.7 Å². The zero-order valence-corrected chi connectivity index (χ0v) is 12.6. The fraction of sp³-hybridized carbons (Fsp3) is 0.643. The summed E-state index contributed by atoms with van der Waals surface area (Å²) < 4.78 is 0. The summed E-state index contributed by atoms with van der Waals surface area (Å²) in [5.74, 6) is 1.57. The smallest absolute Gasteiger partial charge is 0.157 e. The Labute approximate surface area is 125 Å². The Hall–Kier alpha value is -1.27. The number of piperidine rings is 2. The fourth-order valence-electron chi connectivity index (χ4n) is 3.58. The predicted octanol–water partition coefficient (Wildman–Crippen LogP) is 1.03. The molecule has 0 bridgehead atoms. The third-order valence-corrected chi connectivity index (χ3v) is 4.75. The second-order valence-electron chi connectivity index (χ2n) is 5.78. The monoisotopic (exact) mass is 291 g/mol. The van der Waals surface area contributed by atoms with Crippen LogP contribution in [-0.2, 0) is 0 Å². The van der Waals surface area contributed by atoms with Crippen LogP contribution in [0.4, 0.5) is 5.82 Å². The van der Waals surface area contributed by atoms with Crippen molar-refractivity contribution < 1.29 is 0 Å². The molecule has 108 valence electrons. The van der Waals surface area contributed by atoms with Crippen molar-refractivity contribution in [1.82, 2.24) is 14.9 Å². The lowest BCUT2D eigenvalue weighted by molar-refractivity contribution is 0.102. The number of hydrogen-bond donors (Lipinski definition) is 1. The topological polar surface area (TPSA) is 58.3 Å². The maximum Gasteiger partial charge on any atom is 0.157 e. The van der Waals surface area contributed by atoms with Crippen LogP contribution in [0.25, 0.3) is 0 Å². The van der Waals surface area contributed by atoms with Gasteiger partial charge in [0.25, 0.3) is 0 Å². The molecule has 2 saturated heterocycles. The van der Waals surface area contributed by atoms with Gasteiger partial charge in [0.1, 0.15) is 10.7 Å². The van der Waals surface area contributed by atoms with Gasteiger partial charge in [0, 0.05) is 31.5 Å². The van der Waals surface area contributed by atoms with E-state index in [1.807, 2.05) is 0 Å². The average Bonchev–Trinajstić information content (AvgIpc) is 2.47. The minimum atomic E-state index is 0.330. The quantitative estimate of drug-likeness (QED) is 0.821. The standard InChI is InChI=1S/C14H21N5S/c1-18-7-2-3-10-9-19(8-4-11(10)18)14-12(13(15)20)16-5-6-17-14/h5-6,10-11H,2-4,7-9H2,1H3,(H2,15,20). The average molecular weight is 291 g/mol. The Morgan fingerprint density at radius 3 is 2.90 bits per heavy atom. The van der Waals surface area contributed by atoms with Crippen molar-refractivity contribution >= 4 is 23.0 Å². The van der Waals surface area contributed by atoms with Crippen LogP contribution >= 0.6 is 12.2 Å². The molecule has 2 aliphatic heterocycles. The maximum atomic E-state index is 5.77. The van der Waals surface area contributed by atoms with Crippen molar-refractivity contribution in [2.75, 3.05) is 31.6 Å². The zero-order valence-electron chi connectivity index (χ0n) is 11.8. The molecule has 0 amide bonds. The zero-order chi connectivity index (χ0) is 14.1. The summed E-state index contributed by atoms with van der Waals surface area (Å²) in [6, 6.07) is 0.713. The highest BCUT2D eigenvalue weighted by molar-refractivity contribution is 7.80. The molecule has 20 heavy (non-hydrogen) atoms. The molecule has 2 aliphatic rings. The molecule has 0 aromatic carbocycles. The Morgan fingerprint density at radius 1 is 1.30 bits per heavy atom. The van der Waals surface area contributed by atoms with Gasteiger partial charge in [-0.15, -0.1) is 0 Å². The van der Waals surface area contributed by atoms with Crippen LogP contribution in [0.5, 0.6) is 0 Å². The largest absolute Gasteiger partial charge is 0.388 e. The van der Waals surface area contributed by atoms with Crippen LogP contribution in [-0.4, -0.2) is 52.6 Å². The lowest BCUT2D eigenvalue weighted by atomic mass is 9.84. The molecule has 3 heterocycles. The van der Waals surface area contributed by atoms with Crippen molar-refractivity contribution in [3.05, 3.63) is 18.1 Å². The maximum absolute atomic E-state index is 5.77. The number of hydrogen-bond acceptors (Lipinski definition) is 5. The first kappa shape index (κ1) is 13.7. The van der Waals surface area contributed by atoms with E-state index in [0.29, 0.717) is 22.6 Å². The molecule has 0 aliphatic carbocycles. The van der Waals surface area contributed by atoms with Gasteiger partial charge in [0.15, 0.2) is 5.82 Å². The van der Waals surface area contributed by atoms with E-state index in [1.165, 1.54) is 25.8 Å². The molecule has 2 unspecified atom stereocenters. The van der Waals surface area contributed by atoms with E-state index in [0.717, 1.165) is 18.9 Å². The first-order chi connectivity index (χ1) is 9.66. The Morgan fingerprint density at radius 2 is 2.10 bits per heavy atom. The van der Waals surface area contributed by atoms with E-state index in [-0.39, 0.29) is 0 Å². The van der Waals surface area contributed by atoms with E-state index in [9.17, 15) is 0 Å². The number of nitrogens with two attached hydrogens (primary N) is 1. The molecule has 2 fully saturated rings. The van der Waals surface area contributed by atoms with Crippen molar-refractivity contribution in [3.63, 3.8) is 0 Å². The van der Waals surface area contributed by atoms with Gasteiger partial charge in [-0.2, -0.15) is 0 Å². The van der Waals surface area contributed by atoms with Gasteiger partial charge < -0.3 is 15.5 Å². The van der Waals surface area contributed by atoms with Gasteiger partial charge >= 0.3 is 0 Å². The van der Waals surface area contributed by atoms with E-state index in [2.05, 4.69) is 26.8 Å². The van der Waals surface area contributed by atoms with Crippen molar-refractivity contribution in [1.29, 1.82) is 0 Å². The lowest BCUT2D eigenvalue weighted by Gasteiger charge is -2.46. The summed E-state index contributed by atoms with van der Waals surface area (Å²) >= 11 is 5.09. The minimum absolute atomic E-state index is 0.330. The minimum Gasteiger partial charge on any atom is -0.388 e. The molecule has 2 N–H and O–H groups in total. The number of likely N-dealkylation sites (tertiary alicyclic amines) is 1. The SMILES string of the molecule is CN1CCCC2CN(c3nccnc3C(N)=S)CCC21. The van der Waals surface area contributed by atoms with Crippen LogP contribution < -0.4 is 10.6 Å². The summed E-state index contributed by atoms with van der Waals surface area (Å²) in [6.45, 7) is 3.26. The lowest BCUT2D eigenvalue weighted by Crippen LogP contribution is -2.53. The van der Waals surface area contributed by atoms with Gasteiger partial charge in [0.2, 0.25) is 0 Å². The highest BCUT2D eigenvalue weighted by Crippen LogP contribution is 2.31. The van der Waals surface area contributed by atoms with Gasteiger partial charge in [0.05, 0.1) is 0 Å². The van der Waals surface area contributed by atoms with Crippen molar-refractivity contribution in [2.45, 2.75) is 25.3 Å². The first-order valence-electron chi connectivity index (χ1n) is 7.23. The van der Waals surface area contributed by atoms with E-state index in [4.69, 9.17) is 18.0 Å². The summed E-state index contributed by atoms with van der Waals surface area (Å²) in [5.41, 5.74) is 6.43. The number of anilines is 1. The number of rotatable bonds is 2. The molecule has 0 spiro atoms. The molecule has 0 radical (unpaired) electrons. The Bertz CT molecular complexity index is 506. The predicted molar refractivity (Wildman–Crippen MR) is 83.9 cm³/mol. The van der Waals surface area contributed by atoms with Crippen LogP contribution in [0.15, 0.2) is 12.4 Å². The molecule has 0 saturated carbocycles. The fourth-order valence-corrected chi connectivity index (χ4v) is 3.72. The third-order valence-electron chi connectivity index (χ3n) is 4.56. The van der Waals surface area contributed by atoms with Gasteiger partial charge in [-0.1, -0.05) is 12.2 Å². The van der Waals surface area contributed by atoms with E-state index < -0.39 is 0 Å². The van der Waals surface area contributed by atoms with Crippen LogP contribution in [0.1, 0.15) is 25.0 Å². The molecule has 1 aromatic rings. The van der Waals surface area contributed by atoms with Crippen LogP contribution in [0.3, 0.4) is 0 Å². The number of fused-ring (bicyclic) bond motifs is 1.